The average Bonchev–Trinajstić information content (AvgIpc) is 3.39. The summed E-state index contributed by atoms with van der Waals surface area (Å²) in [7, 11) is 0. The molecule has 2 aromatic heterocycles. The summed E-state index contributed by atoms with van der Waals surface area (Å²) in [6, 6.07) is 15.5. The molecule has 10 heteroatoms. The Morgan fingerprint density at radius 3 is 2.74 bits per heavy atom. The van der Waals surface area contributed by atoms with Crippen LogP contribution in [0.15, 0.2) is 65.4 Å². The van der Waals surface area contributed by atoms with E-state index >= 15 is 0 Å². The summed E-state index contributed by atoms with van der Waals surface area (Å²) in [5, 5.41) is 25.9. The van der Waals surface area contributed by atoms with Crippen molar-refractivity contribution in [2.75, 3.05) is 0 Å². The Kier molecular flexibility index (Phi) is 4.27. The first-order chi connectivity index (χ1) is 13.2. The van der Waals surface area contributed by atoms with E-state index in [1.807, 2.05) is 30.3 Å². The largest absolute Gasteiger partial charge is 0.485 e. The van der Waals surface area contributed by atoms with Gasteiger partial charge in [0.25, 0.3) is 5.69 Å². The van der Waals surface area contributed by atoms with E-state index in [0.717, 1.165) is 5.56 Å². The van der Waals surface area contributed by atoms with Crippen LogP contribution in [0, 0.1) is 10.1 Å². The maximum Gasteiger partial charge on any atom is 0.271 e. The van der Waals surface area contributed by atoms with Gasteiger partial charge in [-0.3, -0.25) is 10.1 Å². The van der Waals surface area contributed by atoms with Crippen LogP contribution in [0.1, 0.15) is 5.69 Å². The minimum atomic E-state index is -0.499. The lowest BCUT2D eigenvalue weighted by atomic mass is 10.2. The molecule has 2 heterocycles. The van der Waals surface area contributed by atoms with Gasteiger partial charge in [-0.15, -0.1) is 5.10 Å². The zero-order valence-corrected chi connectivity index (χ0v) is 13.8. The highest BCUT2D eigenvalue weighted by molar-refractivity contribution is 5.57. The second-order valence-electron chi connectivity index (χ2n) is 5.50. The van der Waals surface area contributed by atoms with Gasteiger partial charge in [-0.05, 0) is 16.5 Å². The normalized spacial score (nSPS) is 10.7. The van der Waals surface area contributed by atoms with Gasteiger partial charge in [0.15, 0.2) is 5.76 Å². The standard InChI is InChI=1S/C17H12N6O4/c24-23(25)14-6-7-16(15(9-14)22-11-18-20-21-22)26-10-13-8-17(27-19-13)12-4-2-1-3-5-12/h1-9,11H,10H2. The number of nitro groups is 1. The monoisotopic (exact) mass is 364 g/mol. The van der Waals surface area contributed by atoms with Crippen molar-refractivity contribution in [3.05, 3.63) is 76.7 Å². The van der Waals surface area contributed by atoms with Gasteiger partial charge in [-0.1, -0.05) is 35.5 Å². The Bertz CT molecular complexity index is 1060. The van der Waals surface area contributed by atoms with Crippen molar-refractivity contribution in [2.24, 2.45) is 0 Å². The van der Waals surface area contributed by atoms with Crippen LogP contribution in [-0.2, 0) is 6.61 Å². The fraction of sp³-hybridized carbons (Fsp3) is 0.0588. The van der Waals surface area contributed by atoms with Crippen LogP contribution >= 0.6 is 0 Å². The number of hydrogen-bond acceptors (Lipinski definition) is 8. The van der Waals surface area contributed by atoms with Crippen molar-refractivity contribution in [1.29, 1.82) is 0 Å². The van der Waals surface area contributed by atoms with Crippen LogP contribution in [0.4, 0.5) is 5.69 Å². The smallest absolute Gasteiger partial charge is 0.271 e. The first kappa shape index (κ1) is 16.4. The molecule has 2 aromatic carbocycles. The number of nitrogens with zero attached hydrogens (tertiary/aromatic N) is 6. The molecule has 0 saturated heterocycles. The van der Waals surface area contributed by atoms with Gasteiger partial charge in [-0.25, -0.2) is 0 Å². The topological polar surface area (TPSA) is 122 Å². The summed E-state index contributed by atoms with van der Waals surface area (Å²) < 4.78 is 12.4. The fourth-order valence-corrected chi connectivity index (χ4v) is 2.46. The maximum absolute atomic E-state index is 11.0. The van der Waals surface area contributed by atoms with Gasteiger partial charge in [0.2, 0.25) is 0 Å². The molecular weight excluding hydrogens is 352 g/mol. The SMILES string of the molecule is O=[N+]([O-])c1ccc(OCc2cc(-c3ccccc3)on2)c(-n2cnnn2)c1. The summed E-state index contributed by atoms with van der Waals surface area (Å²) in [6.07, 6.45) is 1.33. The molecule has 4 rings (SSSR count). The van der Waals surface area contributed by atoms with Crippen molar-refractivity contribution in [3.63, 3.8) is 0 Å². The molecule has 0 fully saturated rings. The second kappa shape index (κ2) is 7.04. The van der Waals surface area contributed by atoms with E-state index in [-0.39, 0.29) is 12.3 Å². The van der Waals surface area contributed by atoms with Gasteiger partial charge in [-0.2, -0.15) is 4.68 Å². The highest BCUT2D eigenvalue weighted by Crippen LogP contribution is 2.28. The summed E-state index contributed by atoms with van der Waals surface area (Å²) >= 11 is 0. The number of nitro benzene ring substituents is 1. The van der Waals surface area contributed by atoms with Crippen molar-refractivity contribution in [3.8, 4) is 22.8 Å². The van der Waals surface area contributed by atoms with E-state index in [1.165, 1.54) is 29.2 Å². The molecule has 0 bridgehead atoms. The van der Waals surface area contributed by atoms with Crippen LogP contribution in [0.25, 0.3) is 17.0 Å². The molecule has 0 spiro atoms. The molecule has 0 aliphatic heterocycles. The third-order valence-corrected chi connectivity index (χ3v) is 3.74. The lowest BCUT2D eigenvalue weighted by Crippen LogP contribution is -2.03. The molecule has 0 aliphatic carbocycles. The first-order valence-electron chi connectivity index (χ1n) is 7.86. The predicted molar refractivity (Wildman–Crippen MR) is 92.1 cm³/mol. The Hall–Kier alpha value is -4.08. The van der Waals surface area contributed by atoms with Crippen LogP contribution in [0.5, 0.6) is 5.75 Å². The number of benzene rings is 2. The van der Waals surface area contributed by atoms with Crippen molar-refractivity contribution in [1.82, 2.24) is 25.4 Å². The average molecular weight is 364 g/mol. The van der Waals surface area contributed by atoms with Crippen molar-refractivity contribution < 1.29 is 14.2 Å². The van der Waals surface area contributed by atoms with Crippen LogP contribution in [0.2, 0.25) is 0 Å². The summed E-state index contributed by atoms with van der Waals surface area (Å²) in [5.74, 6) is 0.996. The van der Waals surface area contributed by atoms with Crippen LogP contribution in [-0.4, -0.2) is 30.3 Å². The Labute approximate surface area is 152 Å². The van der Waals surface area contributed by atoms with Crippen molar-refractivity contribution in [2.45, 2.75) is 6.61 Å². The Balaban J connectivity index is 1.56. The highest BCUT2D eigenvalue weighted by atomic mass is 16.6. The molecule has 134 valence electrons. The van der Waals surface area contributed by atoms with Gasteiger partial charge < -0.3 is 9.26 Å². The number of tetrazole rings is 1. The van der Waals surface area contributed by atoms with E-state index < -0.39 is 4.92 Å². The van der Waals surface area contributed by atoms with E-state index in [2.05, 4.69) is 20.7 Å². The van der Waals surface area contributed by atoms with Gasteiger partial charge in [0.05, 0.1) is 4.92 Å². The number of rotatable bonds is 6. The van der Waals surface area contributed by atoms with Gasteiger partial charge >= 0.3 is 0 Å². The third-order valence-electron chi connectivity index (χ3n) is 3.74. The number of ether oxygens (including phenoxy) is 1. The summed E-state index contributed by atoms with van der Waals surface area (Å²) in [4.78, 5) is 10.5. The molecule has 4 aromatic rings. The van der Waals surface area contributed by atoms with Crippen LogP contribution < -0.4 is 4.74 Å². The Morgan fingerprint density at radius 2 is 2.00 bits per heavy atom. The molecule has 0 radical (unpaired) electrons. The molecule has 0 unspecified atom stereocenters. The minimum Gasteiger partial charge on any atom is -0.485 e. The van der Waals surface area contributed by atoms with E-state index in [4.69, 9.17) is 9.26 Å². The molecule has 10 nitrogen and oxygen atoms in total. The highest BCUT2D eigenvalue weighted by Gasteiger charge is 2.15. The molecule has 0 amide bonds. The third kappa shape index (κ3) is 3.49. The zero-order chi connectivity index (χ0) is 18.6. The molecule has 0 atom stereocenters. The fourth-order valence-electron chi connectivity index (χ4n) is 2.46. The van der Waals surface area contributed by atoms with Gasteiger partial charge in [0, 0.05) is 23.8 Å². The van der Waals surface area contributed by atoms with E-state index in [1.54, 1.807) is 6.07 Å². The molecular formula is C17H12N6O4. The summed E-state index contributed by atoms with van der Waals surface area (Å²) in [6.45, 7) is 0.114. The lowest BCUT2D eigenvalue weighted by molar-refractivity contribution is -0.384. The van der Waals surface area contributed by atoms with Crippen LogP contribution in [0.3, 0.4) is 0 Å². The maximum atomic E-state index is 11.0. The molecule has 0 aliphatic rings. The van der Waals surface area contributed by atoms with E-state index in [0.29, 0.717) is 22.9 Å². The second-order valence-corrected chi connectivity index (χ2v) is 5.50. The number of hydrogen-bond donors (Lipinski definition) is 0. The quantitative estimate of drug-likeness (QED) is 0.378. The predicted octanol–water partition coefficient (Wildman–Crippen LogP) is 2.80. The minimum absolute atomic E-state index is 0.0966. The molecule has 0 N–H and O–H groups in total. The molecule has 0 saturated carbocycles. The van der Waals surface area contributed by atoms with Gasteiger partial charge in [0.1, 0.15) is 30.1 Å². The molecule has 27 heavy (non-hydrogen) atoms. The van der Waals surface area contributed by atoms with E-state index in [9.17, 15) is 10.1 Å². The first-order valence-corrected chi connectivity index (χ1v) is 7.86. The lowest BCUT2D eigenvalue weighted by Gasteiger charge is -2.09. The summed E-state index contributed by atoms with van der Waals surface area (Å²) in [5.41, 5.74) is 1.73. The van der Waals surface area contributed by atoms with Crippen molar-refractivity contribution >= 4 is 5.69 Å². The number of aromatic nitrogens is 5. The Morgan fingerprint density at radius 1 is 1.15 bits per heavy atom. The zero-order valence-electron chi connectivity index (χ0n) is 13.8. The number of non-ortho nitro benzene ring substituents is 1.